The fraction of sp³-hybridized carbons (Fsp3) is 0.200. The molecule has 2 aromatic rings. The van der Waals surface area contributed by atoms with Gasteiger partial charge in [0.15, 0.2) is 0 Å². The van der Waals surface area contributed by atoms with Gasteiger partial charge in [-0.05, 0) is 29.8 Å². The van der Waals surface area contributed by atoms with Crippen LogP contribution in [0.25, 0.3) is 0 Å². The summed E-state index contributed by atoms with van der Waals surface area (Å²) in [4.78, 5) is 0. The number of benzene rings is 2. The Morgan fingerprint density at radius 1 is 1.10 bits per heavy atom. The molecule has 0 aliphatic rings. The number of anilines is 1. The summed E-state index contributed by atoms with van der Waals surface area (Å²) < 4.78 is 11.5. The minimum Gasteiger partial charge on any atom is -0.497 e. The van der Waals surface area contributed by atoms with Crippen LogP contribution in [0.1, 0.15) is 5.56 Å². The molecule has 3 nitrogen and oxygen atoms in total. The van der Waals surface area contributed by atoms with E-state index in [1.54, 1.807) is 14.2 Å². The number of rotatable bonds is 5. The van der Waals surface area contributed by atoms with Crippen LogP contribution in [0.15, 0.2) is 40.9 Å². The van der Waals surface area contributed by atoms with Crippen molar-refractivity contribution in [1.82, 2.24) is 0 Å². The molecule has 20 heavy (non-hydrogen) atoms. The highest BCUT2D eigenvalue weighted by atomic mass is 79.9. The molecule has 0 atom stereocenters. The third kappa shape index (κ3) is 3.58. The summed E-state index contributed by atoms with van der Waals surface area (Å²) in [6.45, 7) is 0.654. The number of hydrogen-bond acceptors (Lipinski definition) is 3. The summed E-state index contributed by atoms with van der Waals surface area (Å²) in [5.74, 6) is 1.55. The average molecular weight is 357 g/mol. The van der Waals surface area contributed by atoms with Crippen molar-refractivity contribution in [3.8, 4) is 11.5 Å². The third-order valence-corrected chi connectivity index (χ3v) is 3.86. The highest BCUT2D eigenvalue weighted by Crippen LogP contribution is 2.30. The summed E-state index contributed by atoms with van der Waals surface area (Å²) in [6, 6.07) is 11.4. The molecule has 0 saturated carbocycles. The first kappa shape index (κ1) is 15.0. The van der Waals surface area contributed by atoms with E-state index in [4.69, 9.17) is 21.1 Å². The molecule has 5 heteroatoms. The van der Waals surface area contributed by atoms with Crippen molar-refractivity contribution in [2.24, 2.45) is 0 Å². The second kappa shape index (κ2) is 6.86. The van der Waals surface area contributed by atoms with Crippen LogP contribution in [-0.4, -0.2) is 14.2 Å². The van der Waals surface area contributed by atoms with Gasteiger partial charge in [0.2, 0.25) is 0 Å². The van der Waals surface area contributed by atoms with Crippen molar-refractivity contribution in [3.05, 3.63) is 51.5 Å². The maximum absolute atomic E-state index is 5.93. The monoisotopic (exact) mass is 355 g/mol. The molecule has 0 amide bonds. The molecule has 0 saturated heterocycles. The molecule has 0 aromatic heterocycles. The maximum atomic E-state index is 5.93. The summed E-state index contributed by atoms with van der Waals surface area (Å²) in [7, 11) is 3.28. The average Bonchev–Trinajstić information content (AvgIpc) is 2.46. The Labute approximate surface area is 132 Å². The molecule has 1 N–H and O–H groups in total. The zero-order chi connectivity index (χ0) is 14.5. The second-order valence-electron chi connectivity index (χ2n) is 4.16. The number of halogens is 2. The topological polar surface area (TPSA) is 30.5 Å². The van der Waals surface area contributed by atoms with Crippen LogP contribution in [0, 0.1) is 0 Å². The van der Waals surface area contributed by atoms with Crippen LogP contribution in [-0.2, 0) is 6.54 Å². The molecule has 0 fully saturated rings. The van der Waals surface area contributed by atoms with Crippen LogP contribution in [0.3, 0.4) is 0 Å². The first-order valence-electron chi connectivity index (χ1n) is 6.04. The van der Waals surface area contributed by atoms with E-state index in [1.807, 2.05) is 36.4 Å². The van der Waals surface area contributed by atoms with Crippen LogP contribution in [0.4, 0.5) is 5.69 Å². The van der Waals surface area contributed by atoms with Gasteiger partial charge in [-0.2, -0.15) is 0 Å². The number of nitrogens with one attached hydrogen (secondary N) is 1. The van der Waals surface area contributed by atoms with Crippen LogP contribution in [0.5, 0.6) is 11.5 Å². The van der Waals surface area contributed by atoms with Gasteiger partial charge in [-0.25, -0.2) is 0 Å². The van der Waals surface area contributed by atoms with E-state index in [1.165, 1.54) is 0 Å². The standard InChI is InChI=1S/C15H15BrClNO2/c1-19-12-5-6-15(20-2)14(8-12)18-9-10-3-4-11(17)7-13(10)16/h3-8,18H,9H2,1-2H3. The summed E-state index contributed by atoms with van der Waals surface area (Å²) in [6.07, 6.45) is 0. The summed E-state index contributed by atoms with van der Waals surface area (Å²) in [5, 5.41) is 4.05. The molecule has 2 rings (SSSR count). The van der Waals surface area contributed by atoms with Crippen LogP contribution >= 0.6 is 27.5 Å². The van der Waals surface area contributed by atoms with Crippen molar-refractivity contribution in [3.63, 3.8) is 0 Å². The molecule has 0 aliphatic carbocycles. The van der Waals surface area contributed by atoms with Gasteiger partial charge in [-0.3, -0.25) is 0 Å². The number of methoxy groups -OCH3 is 2. The van der Waals surface area contributed by atoms with E-state index in [0.717, 1.165) is 27.2 Å². The van der Waals surface area contributed by atoms with Gasteiger partial charge in [-0.15, -0.1) is 0 Å². The van der Waals surface area contributed by atoms with Gasteiger partial charge in [0.1, 0.15) is 11.5 Å². The predicted molar refractivity (Wildman–Crippen MR) is 86.0 cm³/mol. The SMILES string of the molecule is COc1ccc(OC)c(NCc2ccc(Cl)cc2Br)c1. The molecular formula is C15H15BrClNO2. The first-order valence-corrected chi connectivity index (χ1v) is 7.21. The van der Waals surface area contributed by atoms with Crippen molar-refractivity contribution in [2.45, 2.75) is 6.54 Å². The fourth-order valence-electron chi connectivity index (χ4n) is 1.81. The zero-order valence-corrected chi connectivity index (χ0v) is 13.6. The second-order valence-corrected chi connectivity index (χ2v) is 5.45. The lowest BCUT2D eigenvalue weighted by Gasteiger charge is -2.13. The van der Waals surface area contributed by atoms with Gasteiger partial charge < -0.3 is 14.8 Å². The molecule has 0 bridgehead atoms. The third-order valence-electron chi connectivity index (χ3n) is 2.89. The molecule has 0 aliphatic heterocycles. The Kier molecular flexibility index (Phi) is 5.15. The smallest absolute Gasteiger partial charge is 0.142 e. The molecule has 0 heterocycles. The molecule has 0 radical (unpaired) electrons. The Hall–Kier alpha value is -1.39. The Morgan fingerprint density at radius 2 is 1.90 bits per heavy atom. The Morgan fingerprint density at radius 3 is 2.55 bits per heavy atom. The number of ether oxygens (including phenoxy) is 2. The van der Waals surface area contributed by atoms with Crippen molar-refractivity contribution < 1.29 is 9.47 Å². The molecule has 0 spiro atoms. The van der Waals surface area contributed by atoms with Crippen molar-refractivity contribution >= 4 is 33.2 Å². The van der Waals surface area contributed by atoms with E-state index in [9.17, 15) is 0 Å². The van der Waals surface area contributed by atoms with Gasteiger partial charge in [0, 0.05) is 22.1 Å². The lowest BCUT2D eigenvalue weighted by Crippen LogP contribution is -2.02. The lowest BCUT2D eigenvalue weighted by atomic mass is 10.2. The van der Waals surface area contributed by atoms with Crippen LogP contribution in [0.2, 0.25) is 5.02 Å². The fourth-order valence-corrected chi connectivity index (χ4v) is 2.63. The Bertz CT molecular complexity index is 604. The van der Waals surface area contributed by atoms with Gasteiger partial charge in [0.25, 0.3) is 0 Å². The van der Waals surface area contributed by atoms with E-state index in [-0.39, 0.29) is 0 Å². The van der Waals surface area contributed by atoms with Crippen molar-refractivity contribution in [1.29, 1.82) is 0 Å². The normalized spacial score (nSPS) is 10.2. The van der Waals surface area contributed by atoms with E-state index in [0.29, 0.717) is 11.6 Å². The molecular weight excluding hydrogens is 342 g/mol. The predicted octanol–water partition coefficient (Wildman–Crippen LogP) is 4.73. The highest BCUT2D eigenvalue weighted by molar-refractivity contribution is 9.10. The van der Waals surface area contributed by atoms with E-state index < -0.39 is 0 Å². The zero-order valence-electron chi connectivity index (χ0n) is 11.2. The van der Waals surface area contributed by atoms with Gasteiger partial charge >= 0.3 is 0 Å². The van der Waals surface area contributed by atoms with E-state index in [2.05, 4.69) is 21.2 Å². The minimum atomic E-state index is 0.654. The lowest BCUT2D eigenvalue weighted by molar-refractivity contribution is 0.404. The van der Waals surface area contributed by atoms with Crippen LogP contribution < -0.4 is 14.8 Å². The number of hydrogen-bond donors (Lipinski definition) is 1. The largest absolute Gasteiger partial charge is 0.497 e. The minimum absolute atomic E-state index is 0.654. The van der Waals surface area contributed by atoms with E-state index >= 15 is 0 Å². The highest BCUT2D eigenvalue weighted by Gasteiger charge is 2.06. The van der Waals surface area contributed by atoms with Crippen molar-refractivity contribution in [2.75, 3.05) is 19.5 Å². The quantitative estimate of drug-likeness (QED) is 0.840. The van der Waals surface area contributed by atoms with Gasteiger partial charge in [0.05, 0.1) is 19.9 Å². The summed E-state index contributed by atoms with van der Waals surface area (Å²) >= 11 is 9.44. The molecule has 0 unspecified atom stereocenters. The maximum Gasteiger partial charge on any atom is 0.142 e. The molecule has 106 valence electrons. The Balaban J connectivity index is 2.17. The van der Waals surface area contributed by atoms with Gasteiger partial charge in [-0.1, -0.05) is 33.6 Å². The summed E-state index contributed by atoms with van der Waals surface area (Å²) in [5.41, 5.74) is 1.99. The molecule has 2 aromatic carbocycles. The first-order chi connectivity index (χ1) is 9.63.